The van der Waals surface area contributed by atoms with E-state index < -0.39 is 59.0 Å². The number of rotatable bonds is 10. The summed E-state index contributed by atoms with van der Waals surface area (Å²) < 4.78 is 92.8. The minimum atomic E-state index is -4.94. The zero-order chi connectivity index (χ0) is 31.7. The van der Waals surface area contributed by atoms with Crippen molar-refractivity contribution in [3.05, 3.63) is 59.1 Å². The van der Waals surface area contributed by atoms with E-state index in [9.17, 15) is 34.9 Å². The molecule has 43 heavy (non-hydrogen) atoms. The zero-order valence-electron chi connectivity index (χ0n) is 21.4. The number of phenolic OH excluding ortho intramolecular Hbond substituents is 1. The third kappa shape index (κ3) is 7.89. The Labute approximate surface area is 254 Å². The minimum absolute atomic E-state index is 0.0283. The van der Waals surface area contributed by atoms with Crippen molar-refractivity contribution in [2.24, 2.45) is 10.2 Å². The van der Waals surface area contributed by atoms with E-state index in [2.05, 4.69) is 29.4 Å². The van der Waals surface area contributed by atoms with Crippen molar-refractivity contribution < 1.29 is 43.6 Å². The maximum absolute atomic E-state index is 12.3. The van der Waals surface area contributed by atoms with Gasteiger partial charge in [-0.3, -0.25) is 9.11 Å². The predicted octanol–water partition coefficient (Wildman–Crippen LogP) is 4.06. The molecule has 0 saturated carbocycles. The monoisotopic (exact) mass is 692 g/mol. The quantitative estimate of drug-likeness (QED) is 0.157. The Bertz CT molecular complexity index is 2060. The Balaban J connectivity index is 1.67. The van der Waals surface area contributed by atoms with Crippen molar-refractivity contribution in [1.29, 1.82) is 0 Å². The number of aromatic nitrogens is 3. The van der Waals surface area contributed by atoms with Crippen molar-refractivity contribution in [1.82, 2.24) is 15.0 Å². The molecule has 3 aromatic carbocycles. The van der Waals surface area contributed by atoms with Crippen LogP contribution in [0.15, 0.2) is 68.6 Å². The summed E-state index contributed by atoms with van der Waals surface area (Å²) in [5, 5.41) is 18.5. The molecular weight excluding hydrogens is 675 g/mol. The topological polar surface area (TPSA) is 239 Å². The highest BCUT2D eigenvalue weighted by Crippen LogP contribution is 2.42. The van der Waals surface area contributed by atoms with Crippen molar-refractivity contribution in [3.8, 4) is 5.75 Å². The standard InChI is InChI=1S/C22H18Cl2N6O10S3/c1-30(22-26-20(23)25-21(24)27-22)14-4-7-16-12(10-14)11-17(42(34,35)36)18(19(16)31)29-28-13-2-5-15(6-3-13)41(32,33)9-8-40-43(37,38)39/h2-7,10-11,31H,8-9H2,1H3,(H,34,35,36)(H,37,38,39). The van der Waals surface area contributed by atoms with Crippen LogP contribution in [0.3, 0.4) is 0 Å². The summed E-state index contributed by atoms with van der Waals surface area (Å²) in [5.41, 5.74) is -0.146. The van der Waals surface area contributed by atoms with Crippen molar-refractivity contribution in [3.63, 3.8) is 0 Å². The number of hydrogen-bond donors (Lipinski definition) is 3. The zero-order valence-corrected chi connectivity index (χ0v) is 25.4. The molecule has 1 heterocycles. The van der Waals surface area contributed by atoms with E-state index in [0.717, 1.165) is 18.2 Å². The molecule has 0 radical (unpaired) electrons. The third-order valence-corrected chi connectivity index (χ3v) is 8.98. The van der Waals surface area contributed by atoms with Crippen LogP contribution in [0.4, 0.5) is 23.0 Å². The Morgan fingerprint density at radius 2 is 1.51 bits per heavy atom. The smallest absolute Gasteiger partial charge is 0.397 e. The fraction of sp³-hybridized carbons (Fsp3) is 0.136. The molecule has 0 aliphatic rings. The molecule has 0 fully saturated rings. The van der Waals surface area contributed by atoms with Gasteiger partial charge in [0.15, 0.2) is 15.6 Å². The van der Waals surface area contributed by atoms with Gasteiger partial charge in [0, 0.05) is 18.1 Å². The van der Waals surface area contributed by atoms with Crippen LogP contribution in [-0.2, 0) is 34.5 Å². The molecule has 3 N–H and O–H groups in total. The van der Waals surface area contributed by atoms with Gasteiger partial charge in [-0.2, -0.15) is 36.9 Å². The van der Waals surface area contributed by atoms with E-state index in [1.165, 1.54) is 29.2 Å². The second-order valence-corrected chi connectivity index (χ2v) is 13.7. The fourth-order valence-electron chi connectivity index (χ4n) is 3.62. The number of azo groups is 1. The number of fused-ring (bicyclic) bond motifs is 1. The van der Waals surface area contributed by atoms with E-state index in [-0.39, 0.29) is 37.9 Å². The maximum Gasteiger partial charge on any atom is 0.397 e. The summed E-state index contributed by atoms with van der Waals surface area (Å²) in [4.78, 5) is 12.1. The van der Waals surface area contributed by atoms with Gasteiger partial charge in [-0.1, -0.05) is 0 Å². The van der Waals surface area contributed by atoms with Gasteiger partial charge in [-0.25, -0.2) is 12.6 Å². The molecule has 4 rings (SSSR count). The number of halogens is 2. The fourth-order valence-corrected chi connectivity index (χ4v) is 6.12. The summed E-state index contributed by atoms with van der Waals surface area (Å²) in [5.74, 6) is -1.32. The predicted molar refractivity (Wildman–Crippen MR) is 154 cm³/mol. The van der Waals surface area contributed by atoms with Gasteiger partial charge < -0.3 is 10.0 Å². The van der Waals surface area contributed by atoms with Crippen LogP contribution in [0, 0.1) is 0 Å². The van der Waals surface area contributed by atoms with Gasteiger partial charge in [0.1, 0.15) is 10.6 Å². The van der Waals surface area contributed by atoms with Gasteiger partial charge in [0.05, 0.1) is 22.9 Å². The molecule has 0 bridgehead atoms. The molecule has 0 saturated heterocycles. The Kier molecular flexibility index (Phi) is 9.19. The van der Waals surface area contributed by atoms with Crippen LogP contribution in [0.25, 0.3) is 10.8 Å². The third-order valence-electron chi connectivity index (χ3n) is 5.61. The first-order valence-corrected chi connectivity index (χ1v) is 16.6. The van der Waals surface area contributed by atoms with Crippen molar-refractivity contribution >= 4 is 87.3 Å². The summed E-state index contributed by atoms with van der Waals surface area (Å²) >= 11 is 11.7. The SMILES string of the molecule is CN(c1ccc2c(O)c(N=Nc3ccc(S(=O)(=O)CCOS(=O)(=O)O)cc3)c(S(=O)(=O)O)cc2c1)c1nc(Cl)nc(Cl)n1. The van der Waals surface area contributed by atoms with E-state index in [4.69, 9.17) is 27.8 Å². The average Bonchev–Trinajstić information content (AvgIpc) is 2.90. The first-order chi connectivity index (χ1) is 19.9. The van der Waals surface area contributed by atoms with Gasteiger partial charge >= 0.3 is 10.4 Å². The second kappa shape index (κ2) is 12.2. The molecule has 21 heteroatoms. The maximum atomic E-state index is 12.3. The first-order valence-electron chi connectivity index (χ1n) is 11.4. The first kappa shape index (κ1) is 32.4. The Hall–Kier alpha value is -3.56. The Morgan fingerprint density at radius 3 is 2.09 bits per heavy atom. The van der Waals surface area contributed by atoms with Crippen LogP contribution in [0.2, 0.25) is 10.6 Å². The lowest BCUT2D eigenvalue weighted by atomic mass is 10.1. The molecule has 4 aromatic rings. The molecule has 0 spiro atoms. The normalized spacial score (nSPS) is 12.7. The van der Waals surface area contributed by atoms with Crippen LogP contribution < -0.4 is 4.90 Å². The number of sulfone groups is 1. The molecule has 228 valence electrons. The van der Waals surface area contributed by atoms with Crippen LogP contribution >= 0.6 is 23.2 Å². The summed E-state index contributed by atoms with van der Waals surface area (Å²) in [6.07, 6.45) is 0. The van der Waals surface area contributed by atoms with Gasteiger partial charge in [-0.15, -0.1) is 5.11 Å². The largest absolute Gasteiger partial charge is 0.505 e. The molecule has 16 nitrogen and oxygen atoms in total. The van der Waals surface area contributed by atoms with Gasteiger partial charge in [0.25, 0.3) is 10.1 Å². The molecular formula is C22H18Cl2N6O10S3. The molecule has 0 amide bonds. The highest BCUT2D eigenvalue weighted by molar-refractivity contribution is 7.91. The van der Waals surface area contributed by atoms with Crippen LogP contribution in [0.5, 0.6) is 5.75 Å². The van der Waals surface area contributed by atoms with E-state index >= 15 is 0 Å². The lowest BCUT2D eigenvalue weighted by molar-refractivity contribution is 0.284. The van der Waals surface area contributed by atoms with Gasteiger partial charge in [-0.05, 0) is 77.1 Å². The highest BCUT2D eigenvalue weighted by Gasteiger charge is 2.23. The minimum Gasteiger partial charge on any atom is -0.505 e. The molecule has 0 atom stereocenters. The lowest BCUT2D eigenvalue weighted by Gasteiger charge is -2.18. The molecule has 0 aliphatic carbocycles. The van der Waals surface area contributed by atoms with Crippen molar-refractivity contribution in [2.45, 2.75) is 9.79 Å². The highest BCUT2D eigenvalue weighted by atomic mass is 35.5. The number of nitrogens with zero attached hydrogens (tertiary/aromatic N) is 6. The summed E-state index contributed by atoms with van der Waals surface area (Å²) in [7, 11) is -12.2. The van der Waals surface area contributed by atoms with E-state index in [1.54, 1.807) is 13.1 Å². The second-order valence-electron chi connectivity index (χ2n) is 8.45. The summed E-state index contributed by atoms with van der Waals surface area (Å²) in [6, 6.07) is 10.2. The molecule has 0 unspecified atom stereocenters. The molecule has 0 aliphatic heterocycles. The number of phenols is 1. The molecule has 1 aromatic heterocycles. The van der Waals surface area contributed by atoms with Crippen molar-refractivity contribution in [2.75, 3.05) is 24.3 Å². The average molecular weight is 694 g/mol. The van der Waals surface area contributed by atoms with E-state index in [0.29, 0.717) is 5.69 Å². The van der Waals surface area contributed by atoms with Crippen LogP contribution in [-0.4, -0.2) is 73.8 Å². The number of aromatic hydroxyl groups is 1. The van der Waals surface area contributed by atoms with Gasteiger partial charge in [0.2, 0.25) is 16.5 Å². The van der Waals surface area contributed by atoms with Crippen LogP contribution in [0.1, 0.15) is 0 Å². The summed E-state index contributed by atoms with van der Waals surface area (Å²) in [6.45, 7) is -0.819. The van der Waals surface area contributed by atoms with E-state index in [1.807, 2.05) is 0 Å². The Morgan fingerprint density at radius 1 is 0.884 bits per heavy atom. The number of benzene rings is 3. The lowest BCUT2D eigenvalue weighted by Crippen LogP contribution is -2.15. The number of anilines is 2. The number of hydrogen-bond acceptors (Lipinski definition) is 14.